The summed E-state index contributed by atoms with van der Waals surface area (Å²) < 4.78 is 10.6. The minimum absolute atomic E-state index is 0.385. The fourth-order valence-electron chi connectivity index (χ4n) is 2.70. The molecule has 3 nitrogen and oxygen atoms in total. The molecule has 0 aromatic heterocycles. The maximum Gasteiger partial charge on any atom is 0.122 e. The van der Waals surface area contributed by atoms with Gasteiger partial charge in [-0.05, 0) is 24.1 Å². The third kappa shape index (κ3) is 5.85. The fraction of sp³-hybridized carbons (Fsp3) is 0.647. The van der Waals surface area contributed by atoms with Gasteiger partial charge in [0.25, 0.3) is 0 Å². The van der Waals surface area contributed by atoms with Gasteiger partial charge in [-0.1, -0.05) is 38.3 Å². The molecule has 0 spiro atoms. The summed E-state index contributed by atoms with van der Waals surface area (Å²) in [6, 6.07) is 5.87. The third-order valence-corrected chi connectivity index (χ3v) is 4.10. The summed E-state index contributed by atoms with van der Waals surface area (Å²) in [5.41, 5.74) is 1.19. The van der Waals surface area contributed by atoms with Gasteiger partial charge in [0, 0.05) is 36.7 Å². The highest BCUT2D eigenvalue weighted by Gasteiger charge is 2.22. The standard InChI is InChI=1S/C17H28ClNO2/c1-5-6-13(2)16(12-19-9-10-20-3)15-11-14(18)7-8-17(15)21-4/h7-8,11,13,16,19H,5-6,9-10,12H2,1-4H3. The largest absolute Gasteiger partial charge is 0.496 e. The summed E-state index contributed by atoms with van der Waals surface area (Å²) in [5, 5.41) is 4.23. The highest BCUT2D eigenvalue weighted by Crippen LogP contribution is 2.35. The highest BCUT2D eigenvalue weighted by molar-refractivity contribution is 6.30. The summed E-state index contributed by atoms with van der Waals surface area (Å²) in [6.07, 6.45) is 2.37. The number of halogens is 1. The Morgan fingerprint density at radius 1 is 1.29 bits per heavy atom. The molecule has 0 radical (unpaired) electrons. The van der Waals surface area contributed by atoms with Crippen LogP contribution in [0.25, 0.3) is 0 Å². The van der Waals surface area contributed by atoms with Gasteiger partial charge in [0.15, 0.2) is 0 Å². The summed E-state index contributed by atoms with van der Waals surface area (Å²) in [6.45, 7) is 7.01. The lowest BCUT2D eigenvalue weighted by atomic mass is 9.84. The van der Waals surface area contributed by atoms with E-state index in [0.29, 0.717) is 11.8 Å². The number of methoxy groups -OCH3 is 2. The minimum Gasteiger partial charge on any atom is -0.496 e. The molecule has 0 aliphatic heterocycles. The molecule has 2 atom stereocenters. The zero-order chi connectivity index (χ0) is 15.7. The van der Waals surface area contributed by atoms with Gasteiger partial charge in [-0.25, -0.2) is 0 Å². The Bertz CT molecular complexity index is 412. The normalized spacial score (nSPS) is 14.0. The van der Waals surface area contributed by atoms with Crippen molar-refractivity contribution in [3.8, 4) is 5.75 Å². The second-order valence-corrected chi connectivity index (χ2v) is 5.89. The van der Waals surface area contributed by atoms with Crippen molar-refractivity contribution in [1.82, 2.24) is 5.32 Å². The van der Waals surface area contributed by atoms with Crippen LogP contribution in [-0.4, -0.2) is 33.9 Å². The second kappa shape index (κ2) is 10.0. The Balaban J connectivity index is 2.91. The fourth-order valence-corrected chi connectivity index (χ4v) is 2.88. The number of hydrogen-bond acceptors (Lipinski definition) is 3. The molecule has 1 aromatic carbocycles. The predicted octanol–water partition coefficient (Wildman–Crippen LogP) is 4.10. The van der Waals surface area contributed by atoms with E-state index in [0.717, 1.165) is 30.5 Å². The van der Waals surface area contributed by atoms with E-state index < -0.39 is 0 Å². The van der Waals surface area contributed by atoms with Gasteiger partial charge < -0.3 is 14.8 Å². The van der Waals surface area contributed by atoms with Crippen LogP contribution >= 0.6 is 11.6 Å². The number of ether oxygens (including phenoxy) is 2. The van der Waals surface area contributed by atoms with Crippen molar-refractivity contribution in [2.75, 3.05) is 33.9 Å². The van der Waals surface area contributed by atoms with Gasteiger partial charge in [0.1, 0.15) is 5.75 Å². The van der Waals surface area contributed by atoms with E-state index in [9.17, 15) is 0 Å². The van der Waals surface area contributed by atoms with Crippen LogP contribution in [0, 0.1) is 5.92 Å². The van der Waals surface area contributed by atoms with E-state index in [1.807, 2.05) is 18.2 Å². The van der Waals surface area contributed by atoms with Crippen LogP contribution in [-0.2, 0) is 4.74 Å². The van der Waals surface area contributed by atoms with Crippen LogP contribution in [0.2, 0.25) is 5.02 Å². The Morgan fingerprint density at radius 3 is 2.67 bits per heavy atom. The van der Waals surface area contributed by atoms with Crippen LogP contribution in [0.4, 0.5) is 0 Å². The molecule has 4 heteroatoms. The molecule has 0 heterocycles. The summed E-state index contributed by atoms with van der Waals surface area (Å²) in [7, 11) is 3.44. The summed E-state index contributed by atoms with van der Waals surface area (Å²) in [4.78, 5) is 0. The van der Waals surface area contributed by atoms with E-state index >= 15 is 0 Å². The average Bonchev–Trinajstić information content (AvgIpc) is 2.47. The zero-order valence-electron chi connectivity index (χ0n) is 13.6. The van der Waals surface area contributed by atoms with Crippen molar-refractivity contribution in [3.05, 3.63) is 28.8 Å². The van der Waals surface area contributed by atoms with Crippen LogP contribution in [0.3, 0.4) is 0 Å². The van der Waals surface area contributed by atoms with E-state index in [1.54, 1.807) is 14.2 Å². The molecule has 120 valence electrons. The van der Waals surface area contributed by atoms with Crippen molar-refractivity contribution in [3.63, 3.8) is 0 Å². The molecule has 0 aliphatic rings. The number of nitrogens with one attached hydrogen (secondary N) is 1. The van der Waals surface area contributed by atoms with E-state index in [1.165, 1.54) is 18.4 Å². The average molecular weight is 314 g/mol. The number of benzene rings is 1. The Labute approximate surface area is 134 Å². The van der Waals surface area contributed by atoms with Crippen molar-refractivity contribution in [2.24, 2.45) is 5.92 Å². The van der Waals surface area contributed by atoms with Crippen molar-refractivity contribution < 1.29 is 9.47 Å². The van der Waals surface area contributed by atoms with Gasteiger partial charge in [-0.2, -0.15) is 0 Å². The van der Waals surface area contributed by atoms with Gasteiger partial charge in [0.05, 0.1) is 13.7 Å². The summed E-state index contributed by atoms with van der Waals surface area (Å²) >= 11 is 6.19. The molecule has 1 N–H and O–H groups in total. The summed E-state index contributed by atoms with van der Waals surface area (Å²) in [5.74, 6) is 1.87. The van der Waals surface area contributed by atoms with Crippen molar-refractivity contribution in [1.29, 1.82) is 0 Å². The SMILES string of the molecule is CCCC(C)C(CNCCOC)c1cc(Cl)ccc1OC. The molecule has 21 heavy (non-hydrogen) atoms. The van der Waals surface area contributed by atoms with Crippen LogP contribution < -0.4 is 10.1 Å². The maximum absolute atomic E-state index is 6.19. The second-order valence-electron chi connectivity index (χ2n) is 5.46. The van der Waals surface area contributed by atoms with Crippen molar-refractivity contribution in [2.45, 2.75) is 32.6 Å². The molecule has 1 aromatic rings. The lowest BCUT2D eigenvalue weighted by Gasteiger charge is -2.26. The predicted molar refractivity (Wildman–Crippen MR) is 89.6 cm³/mol. The first-order valence-electron chi connectivity index (χ1n) is 7.67. The molecule has 0 amide bonds. The first-order valence-corrected chi connectivity index (χ1v) is 8.04. The molecule has 0 fully saturated rings. The molecule has 0 saturated heterocycles. The monoisotopic (exact) mass is 313 g/mol. The van der Waals surface area contributed by atoms with E-state index in [2.05, 4.69) is 19.2 Å². The van der Waals surface area contributed by atoms with E-state index in [4.69, 9.17) is 21.1 Å². The van der Waals surface area contributed by atoms with Gasteiger partial charge in [-0.3, -0.25) is 0 Å². The third-order valence-electron chi connectivity index (χ3n) is 3.87. The Morgan fingerprint density at radius 2 is 2.05 bits per heavy atom. The first kappa shape index (κ1) is 18.3. The highest BCUT2D eigenvalue weighted by atomic mass is 35.5. The molecular formula is C17H28ClNO2. The van der Waals surface area contributed by atoms with Gasteiger partial charge in [-0.15, -0.1) is 0 Å². The number of hydrogen-bond donors (Lipinski definition) is 1. The first-order chi connectivity index (χ1) is 10.1. The molecule has 2 unspecified atom stereocenters. The molecule has 0 aliphatic carbocycles. The Kier molecular flexibility index (Phi) is 8.74. The van der Waals surface area contributed by atoms with Crippen LogP contribution in [0.5, 0.6) is 5.75 Å². The van der Waals surface area contributed by atoms with Gasteiger partial charge >= 0.3 is 0 Å². The molecule has 0 bridgehead atoms. The maximum atomic E-state index is 6.19. The molecular weight excluding hydrogens is 286 g/mol. The lowest BCUT2D eigenvalue weighted by molar-refractivity contribution is 0.197. The topological polar surface area (TPSA) is 30.5 Å². The molecule has 0 saturated carbocycles. The van der Waals surface area contributed by atoms with Crippen molar-refractivity contribution >= 4 is 11.6 Å². The van der Waals surface area contributed by atoms with Crippen LogP contribution in [0.15, 0.2) is 18.2 Å². The van der Waals surface area contributed by atoms with E-state index in [-0.39, 0.29) is 0 Å². The molecule has 1 rings (SSSR count). The lowest BCUT2D eigenvalue weighted by Crippen LogP contribution is -2.28. The Hall–Kier alpha value is -0.770. The van der Waals surface area contributed by atoms with Gasteiger partial charge in [0.2, 0.25) is 0 Å². The smallest absolute Gasteiger partial charge is 0.122 e. The minimum atomic E-state index is 0.385. The quantitative estimate of drug-likeness (QED) is 0.660. The zero-order valence-corrected chi connectivity index (χ0v) is 14.4. The van der Waals surface area contributed by atoms with Crippen LogP contribution in [0.1, 0.15) is 38.2 Å². The number of rotatable bonds is 10.